The Balaban J connectivity index is 1.83. The van der Waals surface area contributed by atoms with E-state index in [1.54, 1.807) is 43.5 Å². The van der Waals surface area contributed by atoms with Gasteiger partial charge in [-0.2, -0.15) is 0 Å². The molecule has 0 heterocycles. The molecule has 6 heteroatoms. The van der Waals surface area contributed by atoms with Crippen LogP contribution in [-0.2, 0) is 0 Å². The monoisotopic (exact) mass is 518 g/mol. The molecule has 0 bridgehead atoms. The van der Waals surface area contributed by atoms with Crippen molar-refractivity contribution in [3.8, 4) is 23.0 Å². The van der Waals surface area contributed by atoms with Crippen LogP contribution in [0.5, 0.6) is 23.0 Å². The minimum Gasteiger partial charge on any atom is -0.496 e. The van der Waals surface area contributed by atoms with Gasteiger partial charge in [0.05, 0.1) is 21.6 Å². The molecule has 0 spiro atoms. The molecule has 0 aliphatic carbocycles. The Kier molecular flexibility index (Phi) is 6.98. The van der Waals surface area contributed by atoms with Crippen molar-refractivity contribution in [2.24, 2.45) is 0 Å². The molecule has 4 nitrogen and oxygen atoms in total. The van der Waals surface area contributed by atoms with Gasteiger partial charge in [-0.05, 0) is 80.2 Å². The Morgan fingerprint density at radius 1 is 0.897 bits per heavy atom. The van der Waals surface area contributed by atoms with Crippen LogP contribution >= 0.6 is 31.9 Å². The number of halogens is 2. The van der Waals surface area contributed by atoms with Gasteiger partial charge in [-0.3, -0.25) is 0 Å². The number of carbonyl (C=O) groups excluding carboxylic acids is 1. The third kappa shape index (κ3) is 5.19. The summed E-state index contributed by atoms with van der Waals surface area (Å²) in [7, 11) is 1.66. The molecule has 3 rings (SSSR count). The molecule has 0 fully saturated rings. The summed E-state index contributed by atoms with van der Waals surface area (Å²) in [4.78, 5) is 12.3. The topological polar surface area (TPSA) is 44.8 Å². The highest BCUT2D eigenvalue weighted by molar-refractivity contribution is 9.11. The van der Waals surface area contributed by atoms with Gasteiger partial charge in [-0.1, -0.05) is 32.0 Å². The molecule has 0 aliphatic heterocycles. The highest BCUT2D eigenvalue weighted by Crippen LogP contribution is 2.41. The van der Waals surface area contributed by atoms with Gasteiger partial charge in [0.15, 0.2) is 5.75 Å². The first kappa shape index (κ1) is 21.4. The zero-order chi connectivity index (χ0) is 21.0. The lowest BCUT2D eigenvalue weighted by molar-refractivity contribution is 0.0734. The zero-order valence-corrected chi connectivity index (χ0v) is 19.4. The number of hydrogen-bond donors (Lipinski definition) is 0. The van der Waals surface area contributed by atoms with Crippen LogP contribution in [0.15, 0.2) is 69.6 Å². The second kappa shape index (κ2) is 9.46. The van der Waals surface area contributed by atoms with E-state index in [1.807, 2.05) is 24.3 Å². The number of benzene rings is 3. The molecule has 150 valence electrons. The van der Waals surface area contributed by atoms with E-state index in [0.29, 0.717) is 37.7 Å². The Bertz CT molecular complexity index is 994. The first-order chi connectivity index (χ1) is 13.9. The summed E-state index contributed by atoms with van der Waals surface area (Å²) in [6, 6.07) is 18.0. The van der Waals surface area contributed by atoms with E-state index in [1.165, 1.54) is 0 Å². The maximum absolute atomic E-state index is 12.3. The van der Waals surface area contributed by atoms with Crippen LogP contribution in [0.25, 0.3) is 0 Å². The molecule has 0 aromatic heterocycles. The van der Waals surface area contributed by atoms with Crippen molar-refractivity contribution in [1.29, 1.82) is 0 Å². The summed E-state index contributed by atoms with van der Waals surface area (Å²) in [5, 5.41) is 0. The van der Waals surface area contributed by atoms with E-state index in [0.717, 1.165) is 11.3 Å². The van der Waals surface area contributed by atoms with E-state index in [4.69, 9.17) is 14.2 Å². The van der Waals surface area contributed by atoms with Crippen molar-refractivity contribution >= 4 is 37.8 Å². The largest absolute Gasteiger partial charge is 0.496 e. The number of carbonyl (C=O) groups is 1. The molecule has 0 radical (unpaired) electrons. The van der Waals surface area contributed by atoms with Crippen molar-refractivity contribution < 1.29 is 19.0 Å². The fourth-order valence-electron chi connectivity index (χ4n) is 2.78. The molecule has 0 N–H and O–H groups in total. The fraction of sp³-hybridized carbons (Fsp3) is 0.174. The highest BCUT2D eigenvalue weighted by Gasteiger charge is 2.16. The van der Waals surface area contributed by atoms with Gasteiger partial charge in [0, 0.05) is 5.56 Å². The normalized spacial score (nSPS) is 10.7. The van der Waals surface area contributed by atoms with Crippen molar-refractivity contribution in [2.45, 2.75) is 19.8 Å². The molecule has 0 saturated carbocycles. The van der Waals surface area contributed by atoms with Crippen LogP contribution in [0.3, 0.4) is 0 Å². The molecule has 0 atom stereocenters. The number of esters is 1. The molecule has 3 aromatic carbocycles. The van der Waals surface area contributed by atoms with E-state index in [2.05, 4.69) is 45.7 Å². The van der Waals surface area contributed by atoms with Gasteiger partial charge >= 0.3 is 5.97 Å². The van der Waals surface area contributed by atoms with Gasteiger partial charge in [-0.15, -0.1) is 0 Å². The Labute approximate surface area is 187 Å². The van der Waals surface area contributed by atoms with Crippen molar-refractivity contribution in [1.82, 2.24) is 0 Å². The standard InChI is InChI=1S/C23H20Br2O4/c1-14(2)18-11-16(9-10-21(18)27-3)28-22-19(24)12-17(13-20(22)25)29-23(26)15-7-5-4-6-8-15/h4-14H,1-3H3. The van der Waals surface area contributed by atoms with Crippen LogP contribution in [0, 0.1) is 0 Å². The molecule has 29 heavy (non-hydrogen) atoms. The second-order valence-electron chi connectivity index (χ2n) is 6.63. The van der Waals surface area contributed by atoms with Crippen LogP contribution in [0.4, 0.5) is 0 Å². The maximum Gasteiger partial charge on any atom is 0.343 e. The third-order valence-electron chi connectivity index (χ3n) is 4.23. The van der Waals surface area contributed by atoms with E-state index >= 15 is 0 Å². The Morgan fingerprint density at radius 3 is 2.14 bits per heavy atom. The molecule has 0 unspecified atom stereocenters. The predicted molar refractivity (Wildman–Crippen MR) is 120 cm³/mol. The van der Waals surface area contributed by atoms with Crippen molar-refractivity contribution in [2.75, 3.05) is 7.11 Å². The van der Waals surface area contributed by atoms with Gasteiger partial charge in [0.25, 0.3) is 0 Å². The first-order valence-corrected chi connectivity index (χ1v) is 10.6. The van der Waals surface area contributed by atoms with Gasteiger partial charge in [0.2, 0.25) is 0 Å². The molecule has 0 saturated heterocycles. The average molecular weight is 520 g/mol. The lowest BCUT2D eigenvalue weighted by Gasteiger charge is -2.16. The first-order valence-electron chi connectivity index (χ1n) is 9.01. The van der Waals surface area contributed by atoms with Crippen molar-refractivity contribution in [3.05, 3.63) is 80.7 Å². The van der Waals surface area contributed by atoms with Crippen LogP contribution in [0.2, 0.25) is 0 Å². The molecular weight excluding hydrogens is 500 g/mol. The van der Waals surface area contributed by atoms with Gasteiger partial charge < -0.3 is 14.2 Å². The van der Waals surface area contributed by atoms with Crippen LogP contribution in [0.1, 0.15) is 35.7 Å². The molecule has 0 aliphatic rings. The minimum atomic E-state index is -0.421. The number of methoxy groups -OCH3 is 1. The maximum atomic E-state index is 12.3. The molecular formula is C23H20Br2O4. The van der Waals surface area contributed by atoms with E-state index in [9.17, 15) is 4.79 Å². The minimum absolute atomic E-state index is 0.292. The van der Waals surface area contributed by atoms with Crippen LogP contribution < -0.4 is 14.2 Å². The second-order valence-corrected chi connectivity index (χ2v) is 8.34. The van der Waals surface area contributed by atoms with Crippen molar-refractivity contribution in [3.63, 3.8) is 0 Å². The highest BCUT2D eigenvalue weighted by atomic mass is 79.9. The smallest absolute Gasteiger partial charge is 0.343 e. The third-order valence-corrected chi connectivity index (χ3v) is 5.41. The summed E-state index contributed by atoms with van der Waals surface area (Å²) in [5.74, 6) is 2.38. The predicted octanol–water partition coefficient (Wildman–Crippen LogP) is 7.36. The number of rotatable bonds is 6. The summed E-state index contributed by atoms with van der Waals surface area (Å²) >= 11 is 7.01. The Morgan fingerprint density at radius 2 is 1.55 bits per heavy atom. The van der Waals surface area contributed by atoms with Gasteiger partial charge in [0.1, 0.15) is 17.2 Å². The molecule has 0 amide bonds. The fourth-order valence-corrected chi connectivity index (χ4v) is 4.08. The SMILES string of the molecule is COc1ccc(Oc2c(Br)cc(OC(=O)c3ccccc3)cc2Br)cc1C(C)C. The summed E-state index contributed by atoms with van der Waals surface area (Å²) in [6.45, 7) is 4.20. The quantitative estimate of drug-likeness (QED) is 0.252. The number of ether oxygens (including phenoxy) is 3. The number of hydrogen-bond acceptors (Lipinski definition) is 4. The lowest BCUT2D eigenvalue weighted by atomic mass is 10.0. The molecule has 3 aromatic rings. The Hall–Kier alpha value is -2.31. The summed E-state index contributed by atoms with van der Waals surface area (Å²) in [6.07, 6.45) is 0. The summed E-state index contributed by atoms with van der Waals surface area (Å²) < 4.78 is 18.3. The summed E-state index contributed by atoms with van der Waals surface area (Å²) in [5.41, 5.74) is 1.55. The van der Waals surface area contributed by atoms with E-state index in [-0.39, 0.29) is 0 Å². The van der Waals surface area contributed by atoms with Gasteiger partial charge in [-0.25, -0.2) is 4.79 Å². The van der Waals surface area contributed by atoms with Crippen LogP contribution in [-0.4, -0.2) is 13.1 Å². The average Bonchev–Trinajstić information content (AvgIpc) is 2.71. The van der Waals surface area contributed by atoms with E-state index < -0.39 is 5.97 Å². The zero-order valence-electron chi connectivity index (χ0n) is 16.2. The lowest BCUT2D eigenvalue weighted by Crippen LogP contribution is -2.08.